The van der Waals surface area contributed by atoms with Crippen molar-refractivity contribution in [3.05, 3.63) is 34.3 Å². The largest absolute Gasteiger partial charge is 0.416 e. The van der Waals surface area contributed by atoms with Gasteiger partial charge >= 0.3 is 6.18 Å². The summed E-state index contributed by atoms with van der Waals surface area (Å²) in [4.78, 5) is 0. The Morgan fingerprint density at radius 1 is 1.22 bits per heavy atom. The Balaban J connectivity index is 0.00000289. The van der Waals surface area contributed by atoms with Gasteiger partial charge in [0.2, 0.25) is 6.43 Å². The third kappa shape index (κ3) is 4.59. The fourth-order valence-corrected chi connectivity index (χ4v) is 1.59. The first-order valence-corrected chi connectivity index (χ1v) is 5.00. The van der Waals surface area contributed by atoms with Gasteiger partial charge in [0.1, 0.15) is 0 Å². The highest BCUT2D eigenvalue weighted by atomic mass is 35.5. The number of benzene rings is 1. The van der Waals surface area contributed by atoms with Gasteiger partial charge in [-0.25, -0.2) is 8.78 Å². The van der Waals surface area contributed by atoms with Crippen LogP contribution in [0.4, 0.5) is 22.0 Å². The molecule has 0 aliphatic rings. The second-order valence-electron chi connectivity index (χ2n) is 3.46. The molecule has 0 heterocycles. The Kier molecular flexibility index (Phi) is 6.33. The van der Waals surface area contributed by atoms with Crippen molar-refractivity contribution in [1.29, 1.82) is 0 Å². The smallest absolute Gasteiger partial charge is 0.324 e. The average molecular weight is 310 g/mol. The molecule has 0 aliphatic carbocycles. The van der Waals surface area contributed by atoms with Gasteiger partial charge in [0.25, 0.3) is 0 Å². The third-order valence-electron chi connectivity index (χ3n) is 2.15. The summed E-state index contributed by atoms with van der Waals surface area (Å²) < 4.78 is 62.1. The summed E-state index contributed by atoms with van der Waals surface area (Å²) in [6.45, 7) is 0. The minimum atomic E-state index is -4.67. The fourth-order valence-electron chi connectivity index (χ4n) is 1.42. The molecule has 0 amide bonds. The van der Waals surface area contributed by atoms with Crippen LogP contribution in [0.25, 0.3) is 0 Å². The summed E-state index contributed by atoms with van der Waals surface area (Å²) in [6, 6.07) is 1.53. The van der Waals surface area contributed by atoms with Crippen LogP contribution >= 0.6 is 24.0 Å². The molecule has 2 N–H and O–H groups in total. The molecular weight excluding hydrogens is 300 g/mol. The molecule has 18 heavy (non-hydrogen) atoms. The second kappa shape index (κ2) is 6.54. The molecule has 0 aromatic heterocycles. The molecule has 0 radical (unpaired) electrons. The van der Waals surface area contributed by atoms with Gasteiger partial charge in [0.05, 0.1) is 5.56 Å². The molecule has 1 atom stereocenters. The molecular formula is C10H10Cl2F5N. The lowest BCUT2D eigenvalue weighted by molar-refractivity contribution is -0.138. The number of rotatable bonds is 3. The maximum absolute atomic E-state index is 12.6. The van der Waals surface area contributed by atoms with E-state index in [4.69, 9.17) is 17.3 Å². The molecule has 0 saturated heterocycles. The maximum Gasteiger partial charge on any atom is 0.416 e. The summed E-state index contributed by atoms with van der Waals surface area (Å²) in [6.07, 6.45) is -8.26. The maximum atomic E-state index is 12.6. The van der Waals surface area contributed by atoms with Crippen LogP contribution in [0.5, 0.6) is 0 Å². The molecule has 1 nitrogen and oxygen atoms in total. The Hall–Kier alpha value is -0.590. The Bertz CT molecular complexity index is 394. The van der Waals surface area contributed by atoms with Crippen molar-refractivity contribution in [2.45, 2.75) is 25.1 Å². The van der Waals surface area contributed by atoms with Gasteiger partial charge in [-0.1, -0.05) is 17.7 Å². The molecule has 0 saturated carbocycles. The standard InChI is InChI=1S/C10H9ClF5N.ClH/c11-5-1-2-6(8(17)4-9(12)13)7(3-5)10(14,15)16;/h1-3,8-9H,4,17H2;1H/t8-;/m0./s1. The zero-order valence-electron chi connectivity index (χ0n) is 8.85. The molecule has 0 bridgehead atoms. The zero-order chi connectivity index (χ0) is 13.2. The lowest BCUT2D eigenvalue weighted by Crippen LogP contribution is -2.19. The van der Waals surface area contributed by atoms with E-state index in [1.54, 1.807) is 0 Å². The quantitative estimate of drug-likeness (QED) is 0.821. The summed E-state index contributed by atoms with van der Waals surface area (Å²) in [5.41, 5.74) is 3.88. The number of halogens is 7. The van der Waals surface area contributed by atoms with Crippen molar-refractivity contribution in [1.82, 2.24) is 0 Å². The van der Waals surface area contributed by atoms with E-state index in [2.05, 4.69) is 0 Å². The molecule has 0 unspecified atom stereocenters. The van der Waals surface area contributed by atoms with Crippen LogP contribution in [0.15, 0.2) is 18.2 Å². The number of nitrogens with two attached hydrogens (primary N) is 1. The van der Waals surface area contributed by atoms with Crippen LogP contribution < -0.4 is 5.73 Å². The monoisotopic (exact) mass is 309 g/mol. The minimum absolute atomic E-state index is 0. The zero-order valence-corrected chi connectivity index (χ0v) is 10.4. The van der Waals surface area contributed by atoms with Gasteiger partial charge in [0.15, 0.2) is 0 Å². The first kappa shape index (κ1) is 17.4. The number of hydrogen-bond acceptors (Lipinski definition) is 1. The van der Waals surface area contributed by atoms with E-state index in [1.807, 2.05) is 0 Å². The van der Waals surface area contributed by atoms with Gasteiger partial charge < -0.3 is 5.73 Å². The predicted molar refractivity (Wildman–Crippen MR) is 61.3 cm³/mol. The van der Waals surface area contributed by atoms with Crippen molar-refractivity contribution in [2.75, 3.05) is 0 Å². The van der Waals surface area contributed by atoms with Crippen molar-refractivity contribution in [2.24, 2.45) is 5.73 Å². The lowest BCUT2D eigenvalue weighted by atomic mass is 9.98. The van der Waals surface area contributed by atoms with E-state index in [1.165, 1.54) is 6.07 Å². The van der Waals surface area contributed by atoms with E-state index in [0.717, 1.165) is 6.07 Å². The summed E-state index contributed by atoms with van der Waals surface area (Å²) >= 11 is 5.44. The SMILES string of the molecule is Cl.N[C@@H](CC(F)F)c1ccc(Cl)cc1C(F)(F)F. The van der Waals surface area contributed by atoms with Gasteiger partial charge in [-0.05, 0) is 17.7 Å². The molecule has 0 aliphatic heterocycles. The van der Waals surface area contributed by atoms with Crippen molar-refractivity contribution < 1.29 is 22.0 Å². The lowest BCUT2D eigenvalue weighted by Gasteiger charge is -2.18. The van der Waals surface area contributed by atoms with Gasteiger partial charge in [-0.3, -0.25) is 0 Å². The van der Waals surface area contributed by atoms with E-state index < -0.39 is 30.6 Å². The molecule has 1 rings (SSSR count). The molecule has 0 fully saturated rings. The Morgan fingerprint density at radius 2 is 1.78 bits per heavy atom. The topological polar surface area (TPSA) is 26.0 Å². The van der Waals surface area contributed by atoms with Gasteiger partial charge in [-0.2, -0.15) is 13.2 Å². The van der Waals surface area contributed by atoms with Crippen molar-refractivity contribution >= 4 is 24.0 Å². The normalized spacial score (nSPS) is 13.3. The summed E-state index contributed by atoms with van der Waals surface area (Å²) in [5.74, 6) is 0. The molecule has 1 aromatic carbocycles. The minimum Gasteiger partial charge on any atom is -0.324 e. The Morgan fingerprint density at radius 3 is 2.22 bits per heavy atom. The first-order chi connectivity index (χ1) is 7.71. The molecule has 8 heteroatoms. The molecule has 104 valence electrons. The Labute approximate surface area is 112 Å². The molecule has 0 spiro atoms. The van der Waals surface area contributed by atoms with Crippen molar-refractivity contribution in [3.63, 3.8) is 0 Å². The number of alkyl halides is 5. The van der Waals surface area contributed by atoms with E-state index in [-0.39, 0.29) is 23.0 Å². The van der Waals surface area contributed by atoms with Crippen LogP contribution in [-0.4, -0.2) is 6.43 Å². The average Bonchev–Trinajstić information content (AvgIpc) is 2.14. The van der Waals surface area contributed by atoms with Crippen molar-refractivity contribution in [3.8, 4) is 0 Å². The highest BCUT2D eigenvalue weighted by Crippen LogP contribution is 2.36. The van der Waals surface area contributed by atoms with E-state index in [0.29, 0.717) is 6.07 Å². The highest BCUT2D eigenvalue weighted by molar-refractivity contribution is 6.30. The van der Waals surface area contributed by atoms with Crippen LogP contribution in [0.1, 0.15) is 23.6 Å². The van der Waals surface area contributed by atoms with E-state index in [9.17, 15) is 22.0 Å². The number of hydrogen-bond donors (Lipinski definition) is 1. The van der Waals surface area contributed by atoms with Gasteiger partial charge in [-0.15, -0.1) is 12.4 Å². The van der Waals surface area contributed by atoms with Crippen LogP contribution in [0, 0.1) is 0 Å². The second-order valence-corrected chi connectivity index (χ2v) is 3.90. The van der Waals surface area contributed by atoms with Crippen LogP contribution in [-0.2, 0) is 6.18 Å². The van der Waals surface area contributed by atoms with Crippen LogP contribution in [0.3, 0.4) is 0 Å². The van der Waals surface area contributed by atoms with E-state index >= 15 is 0 Å². The summed E-state index contributed by atoms with van der Waals surface area (Å²) in [7, 11) is 0. The third-order valence-corrected chi connectivity index (χ3v) is 2.39. The van der Waals surface area contributed by atoms with Crippen LogP contribution in [0.2, 0.25) is 5.02 Å². The molecule has 1 aromatic rings. The fraction of sp³-hybridized carbons (Fsp3) is 0.400. The summed E-state index contributed by atoms with van der Waals surface area (Å²) in [5, 5.41) is -0.120. The first-order valence-electron chi connectivity index (χ1n) is 4.62. The van der Waals surface area contributed by atoms with Gasteiger partial charge in [0, 0.05) is 17.5 Å². The highest BCUT2D eigenvalue weighted by Gasteiger charge is 2.35. The predicted octanol–water partition coefficient (Wildman–Crippen LogP) is 4.44.